The number of rotatable bonds is 12. The van der Waals surface area contributed by atoms with Crippen molar-refractivity contribution in [3.8, 4) is 107 Å². The van der Waals surface area contributed by atoms with Gasteiger partial charge in [0.05, 0.1) is 50.3 Å². The van der Waals surface area contributed by atoms with Crippen LogP contribution in [0, 0.1) is 0 Å². The molecule has 6 aromatic heterocycles. The van der Waals surface area contributed by atoms with E-state index >= 15 is 0 Å². The highest BCUT2D eigenvalue weighted by molar-refractivity contribution is 6.15. The molecular formula is C103H68N9+. The third-order valence-electron chi connectivity index (χ3n) is 21.8. The van der Waals surface area contributed by atoms with E-state index in [1.54, 1.807) is 0 Å². The van der Waals surface area contributed by atoms with E-state index in [1.165, 1.54) is 104 Å². The highest BCUT2D eigenvalue weighted by Crippen LogP contribution is 2.42. The van der Waals surface area contributed by atoms with E-state index in [4.69, 9.17) is 19.9 Å². The lowest BCUT2D eigenvalue weighted by molar-refractivity contribution is -0.596. The van der Waals surface area contributed by atoms with Gasteiger partial charge in [-0.1, -0.05) is 279 Å². The van der Waals surface area contributed by atoms with Crippen LogP contribution in [0.5, 0.6) is 0 Å². The van der Waals surface area contributed by atoms with Gasteiger partial charge in [-0.2, -0.15) is 4.57 Å². The number of aromatic nitrogens is 9. The molecule has 9 nitrogen and oxygen atoms in total. The Bertz CT molecular complexity index is 7290. The molecule has 112 heavy (non-hydrogen) atoms. The second kappa shape index (κ2) is 27.5. The summed E-state index contributed by atoms with van der Waals surface area (Å²) in [5.41, 5.74) is 26.1. The van der Waals surface area contributed by atoms with E-state index in [0.717, 1.165) is 72.9 Å². The summed E-state index contributed by atoms with van der Waals surface area (Å²) >= 11 is 0. The molecule has 524 valence electrons. The Morgan fingerprint density at radius 1 is 0.196 bits per heavy atom. The lowest BCUT2D eigenvalue weighted by Crippen LogP contribution is -2.30. The summed E-state index contributed by atoms with van der Waals surface area (Å²) in [5.74, 6) is 2.78. The number of hydrogen-bond acceptors (Lipinski definition) is 4. The molecule has 16 aromatic carbocycles. The third-order valence-corrected chi connectivity index (χ3v) is 21.8. The molecule has 22 rings (SSSR count). The van der Waals surface area contributed by atoms with Crippen LogP contribution in [-0.2, 0) is 0 Å². The zero-order chi connectivity index (χ0) is 74.0. The Kier molecular flexibility index (Phi) is 16.0. The van der Waals surface area contributed by atoms with E-state index in [0.29, 0.717) is 17.5 Å². The van der Waals surface area contributed by atoms with Gasteiger partial charge in [-0.3, -0.25) is 4.57 Å². The van der Waals surface area contributed by atoms with Gasteiger partial charge in [0.25, 0.3) is 0 Å². The molecule has 0 fully saturated rings. The summed E-state index contributed by atoms with van der Waals surface area (Å²) in [6, 6.07) is 140. The second-order valence-electron chi connectivity index (χ2n) is 28.4. The van der Waals surface area contributed by atoms with Crippen molar-refractivity contribution >= 4 is 87.2 Å². The Morgan fingerprint density at radius 2 is 0.518 bits per heavy atom. The van der Waals surface area contributed by atoms with Crippen molar-refractivity contribution in [3.05, 3.63) is 413 Å². The molecule has 0 radical (unpaired) electrons. The highest BCUT2D eigenvalue weighted by Gasteiger charge is 2.22. The number of hydrogen-bond donors (Lipinski definition) is 0. The van der Waals surface area contributed by atoms with E-state index in [-0.39, 0.29) is 0 Å². The zero-order valence-electron chi connectivity index (χ0n) is 60.8. The number of para-hydroxylation sites is 6. The first-order valence-corrected chi connectivity index (χ1v) is 37.9. The van der Waals surface area contributed by atoms with Crippen LogP contribution in [-0.4, -0.2) is 38.2 Å². The second-order valence-corrected chi connectivity index (χ2v) is 28.4. The van der Waals surface area contributed by atoms with Crippen molar-refractivity contribution in [2.24, 2.45) is 0 Å². The first-order chi connectivity index (χ1) is 55.5. The summed E-state index contributed by atoms with van der Waals surface area (Å²) in [5, 5.41) is 9.78. The third kappa shape index (κ3) is 11.5. The fourth-order valence-electron chi connectivity index (χ4n) is 16.6. The molecule has 0 aliphatic heterocycles. The number of nitrogens with zero attached hydrogens (tertiary/aromatic N) is 9. The summed E-state index contributed by atoms with van der Waals surface area (Å²) in [6.07, 6.45) is 6.07. The van der Waals surface area contributed by atoms with Gasteiger partial charge in [0.15, 0.2) is 23.7 Å². The molecule has 0 saturated heterocycles. The van der Waals surface area contributed by atoms with Crippen molar-refractivity contribution < 1.29 is 4.57 Å². The Morgan fingerprint density at radius 3 is 1.02 bits per heavy atom. The van der Waals surface area contributed by atoms with Crippen LogP contribution in [0.4, 0.5) is 0 Å². The summed E-state index contributed by atoms with van der Waals surface area (Å²) in [7, 11) is 0. The van der Waals surface area contributed by atoms with Crippen molar-refractivity contribution in [1.82, 2.24) is 38.2 Å². The largest absolute Gasteiger partial charge is 0.309 e. The van der Waals surface area contributed by atoms with Gasteiger partial charge in [0, 0.05) is 89.0 Å². The minimum atomic E-state index is 0.631. The average Bonchev–Trinajstić information content (AvgIpc) is 1.59. The van der Waals surface area contributed by atoms with Gasteiger partial charge >= 0.3 is 0 Å². The Balaban J connectivity index is 0.000000141. The molecule has 22 aromatic rings. The van der Waals surface area contributed by atoms with Crippen molar-refractivity contribution in [2.75, 3.05) is 0 Å². The molecular weight excluding hydrogens is 1360 g/mol. The topological polar surface area (TPSA) is 75.2 Å². The maximum Gasteiger partial charge on any atom is 0.218 e. The average molecular weight is 1430 g/mol. The number of fused-ring (bicyclic) bond motifs is 12. The Labute approximate surface area is 646 Å². The predicted molar refractivity (Wildman–Crippen MR) is 461 cm³/mol. The summed E-state index contributed by atoms with van der Waals surface area (Å²) in [6.45, 7) is 0. The molecule has 6 heterocycles. The van der Waals surface area contributed by atoms with Gasteiger partial charge in [-0.25, -0.2) is 19.9 Å². The van der Waals surface area contributed by atoms with E-state index in [1.807, 2.05) is 73.1 Å². The molecule has 0 spiro atoms. The summed E-state index contributed by atoms with van der Waals surface area (Å²) < 4.78 is 11.6. The molecule has 0 aliphatic carbocycles. The molecule has 0 atom stereocenters. The minimum Gasteiger partial charge on any atom is -0.309 e. The van der Waals surface area contributed by atoms with Crippen LogP contribution in [0.15, 0.2) is 413 Å². The van der Waals surface area contributed by atoms with Gasteiger partial charge in [0.1, 0.15) is 0 Å². The molecule has 0 saturated carbocycles. The van der Waals surface area contributed by atoms with E-state index in [9.17, 15) is 0 Å². The zero-order valence-corrected chi connectivity index (χ0v) is 60.8. The first kappa shape index (κ1) is 65.1. The SMILES string of the molecule is c1ccc(-c2ccc(-c3cccc(-[n+]4ccnc(-n5c6ccccc6c6ccc(-c7ccc8c(c7)c7ccccc7n8-c7ccccc7)cc65)c4)c3)cc2)cc1.c1ccc(-c2nc(-c3ccccc3)nc(-c3cccc(-n4c5ccccc5c5cc(-c6ccc7c(c6)c6ccccc6n7-c6ccccc6)ccc54)c3)n2)cc1. The molecule has 0 aliphatic rings. The molecule has 9 heteroatoms. The van der Waals surface area contributed by atoms with Crippen LogP contribution in [0.2, 0.25) is 0 Å². The van der Waals surface area contributed by atoms with Crippen LogP contribution in [0.3, 0.4) is 0 Å². The van der Waals surface area contributed by atoms with Gasteiger partial charge < -0.3 is 13.7 Å². The van der Waals surface area contributed by atoms with Crippen LogP contribution in [0.25, 0.3) is 194 Å². The van der Waals surface area contributed by atoms with Crippen molar-refractivity contribution in [2.45, 2.75) is 0 Å². The minimum absolute atomic E-state index is 0.631. The quantitative estimate of drug-likeness (QED) is 0.114. The van der Waals surface area contributed by atoms with E-state index in [2.05, 4.69) is 363 Å². The molecule has 0 N–H and O–H groups in total. The standard InChI is InChI=1S/C52H35N4.C51H33N5/c1-3-12-36(13-4-1)37-22-24-38(25-23-37)39-14-11-17-43(32-39)54-31-30-53-52(35-54)56-49-21-10-7-18-44(49)46-28-26-41(34-51(46)56)40-27-29-50-47(33-40)45-19-8-9-20-48(45)55(50)42-15-5-2-6-16-42;1-4-15-34(16-5-1)49-52-50(35-17-6-2-7-18-35)54-51(53-49)38-19-14-22-40(31-38)56-46-26-13-11-24-42(46)44-33-37(28-30-48(44)56)36-27-29-47-43(32-36)41-23-10-12-25-45(41)55(47)39-20-8-3-9-21-39/h1-35H;1-33H/q+1;. The molecule has 0 amide bonds. The van der Waals surface area contributed by atoms with Gasteiger partial charge in [0.2, 0.25) is 17.7 Å². The normalized spacial score (nSPS) is 11.6. The lowest BCUT2D eigenvalue weighted by atomic mass is 10.00. The lowest BCUT2D eigenvalue weighted by Gasteiger charge is -2.12. The fourth-order valence-corrected chi connectivity index (χ4v) is 16.6. The molecule has 0 bridgehead atoms. The maximum absolute atomic E-state index is 5.02. The monoisotopic (exact) mass is 1430 g/mol. The van der Waals surface area contributed by atoms with Crippen LogP contribution in [0.1, 0.15) is 0 Å². The van der Waals surface area contributed by atoms with E-state index < -0.39 is 0 Å². The van der Waals surface area contributed by atoms with Crippen molar-refractivity contribution in [1.29, 1.82) is 0 Å². The fraction of sp³-hybridized carbons (Fsp3) is 0. The first-order valence-electron chi connectivity index (χ1n) is 37.9. The maximum atomic E-state index is 5.02. The summed E-state index contributed by atoms with van der Waals surface area (Å²) in [4.78, 5) is 19.9. The smallest absolute Gasteiger partial charge is 0.218 e. The number of benzene rings is 16. The van der Waals surface area contributed by atoms with Crippen LogP contribution < -0.4 is 4.57 Å². The molecule has 0 unspecified atom stereocenters. The predicted octanol–water partition coefficient (Wildman–Crippen LogP) is 25.3. The Hall–Kier alpha value is -15.2. The van der Waals surface area contributed by atoms with Crippen molar-refractivity contribution in [3.63, 3.8) is 0 Å². The van der Waals surface area contributed by atoms with Gasteiger partial charge in [-0.15, -0.1) is 0 Å². The van der Waals surface area contributed by atoms with Gasteiger partial charge in [-0.05, 0) is 148 Å². The van der Waals surface area contributed by atoms with Crippen LogP contribution >= 0.6 is 0 Å². The highest BCUT2D eigenvalue weighted by atomic mass is 15.1.